The maximum absolute atomic E-state index is 12.6. The van der Waals surface area contributed by atoms with E-state index in [9.17, 15) is 13.2 Å². The molecule has 29 heavy (non-hydrogen) atoms. The lowest BCUT2D eigenvalue weighted by atomic mass is 10.3. The van der Waals surface area contributed by atoms with Gasteiger partial charge < -0.3 is 5.32 Å². The van der Waals surface area contributed by atoms with Crippen molar-refractivity contribution < 1.29 is 8.42 Å². The maximum Gasteiger partial charge on any atom is 0.292 e. The number of para-hydroxylation sites is 1. The number of benzene rings is 1. The molecule has 0 saturated carbocycles. The standard InChI is InChI=1S/C19H21ClN4O3S2/c1-3-23(4-2)29(26,27)17-11-10-15(28-17)12-21-16-13-22-24(19(25)18(16)20)14-8-6-5-7-9-14/h5-11,13,21H,3-4,12H2,1-2H3. The number of halogens is 1. The Balaban J connectivity index is 1.77. The van der Waals surface area contributed by atoms with E-state index in [0.29, 0.717) is 35.2 Å². The number of aromatic nitrogens is 2. The highest BCUT2D eigenvalue weighted by atomic mass is 35.5. The predicted molar refractivity (Wildman–Crippen MR) is 117 cm³/mol. The van der Waals surface area contributed by atoms with Gasteiger partial charge in [0, 0.05) is 24.5 Å². The van der Waals surface area contributed by atoms with Crippen LogP contribution in [0.4, 0.5) is 5.69 Å². The Kier molecular flexibility index (Phi) is 6.74. The first-order valence-electron chi connectivity index (χ1n) is 9.04. The van der Waals surface area contributed by atoms with Crippen molar-refractivity contribution in [2.45, 2.75) is 24.6 Å². The van der Waals surface area contributed by atoms with Gasteiger partial charge in [-0.05, 0) is 24.3 Å². The third-order valence-corrected chi connectivity index (χ3v) is 8.28. The molecule has 0 bridgehead atoms. The van der Waals surface area contributed by atoms with Crippen LogP contribution in [0, 0.1) is 0 Å². The molecule has 0 unspecified atom stereocenters. The Morgan fingerprint density at radius 1 is 1.14 bits per heavy atom. The normalized spacial score (nSPS) is 11.7. The number of thiophene rings is 1. The van der Waals surface area contributed by atoms with Crippen LogP contribution in [0.25, 0.3) is 5.69 Å². The first kappa shape index (κ1) is 21.5. The highest BCUT2D eigenvalue weighted by molar-refractivity contribution is 7.91. The lowest BCUT2D eigenvalue weighted by molar-refractivity contribution is 0.447. The highest BCUT2D eigenvalue weighted by Gasteiger charge is 2.23. The van der Waals surface area contributed by atoms with Crippen molar-refractivity contribution in [1.82, 2.24) is 14.1 Å². The summed E-state index contributed by atoms with van der Waals surface area (Å²) >= 11 is 7.43. The Labute approximate surface area is 178 Å². The van der Waals surface area contributed by atoms with Gasteiger partial charge >= 0.3 is 0 Å². The molecule has 0 atom stereocenters. The summed E-state index contributed by atoms with van der Waals surface area (Å²) < 4.78 is 28.1. The summed E-state index contributed by atoms with van der Waals surface area (Å²) in [6.07, 6.45) is 1.48. The highest BCUT2D eigenvalue weighted by Crippen LogP contribution is 2.26. The number of hydrogen-bond acceptors (Lipinski definition) is 6. The zero-order chi connectivity index (χ0) is 21.0. The van der Waals surface area contributed by atoms with Crippen LogP contribution in [0.5, 0.6) is 0 Å². The molecule has 3 rings (SSSR count). The number of anilines is 1. The van der Waals surface area contributed by atoms with Crippen molar-refractivity contribution in [2.24, 2.45) is 0 Å². The molecule has 0 aliphatic rings. The van der Waals surface area contributed by atoms with Crippen LogP contribution < -0.4 is 10.9 Å². The molecule has 2 aromatic heterocycles. The number of nitrogens with one attached hydrogen (secondary N) is 1. The smallest absolute Gasteiger partial charge is 0.292 e. The van der Waals surface area contributed by atoms with Crippen molar-refractivity contribution in [3.63, 3.8) is 0 Å². The van der Waals surface area contributed by atoms with Crippen molar-refractivity contribution in [1.29, 1.82) is 0 Å². The molecule has 7 nitrogen and oxygen atoms in total. The van der Waals surface area contributed by atoms with Gasteiger partial charge in [0.15, 0.2) is 0 Å². The Hall–Kier alpha value is -2.20. The number of rotatable bonds is 8. The molecule has 0 aliphatic carbocycles. The van der Waals surface area contributed by atoms with Gasteiger partial charge in [-0.2, -0.15) is 14.1 Å². The van der Waals surface area contributed by atoms with E-state index < -0.39 is 15.6 Å². The van der Waals surface area contributed by atoms with Gasteiger partial charge in [0.1, 0.15) is 9.23 Å². The van der Waals surface area contributed by atoms with E-state index in [1.807, 2.05) is 32.0 Å². The van der Waals surface area contributed by atoms with Gasteiger partial charge in [-0.25, -0.2) is 8.42 Å². The van der Waals surface area contributed by atoms with Gasteiger partial charge in [-0.1, -0.05) is 43.6 Å². The minimum Gasteiger partial charge on any atom is -0.377 e. The SMILES string of the molecule is CCN(CC)S(=O)(=O)c1ccc(CNc2cnn(-c3ccccc3)c(=O)c2Cl)s1. The lowest BCUT2D eigenvalue weighted by Crippen LogP contribution is -2.29. The molecule has 2 heterocycles. The second kappa shape index (κ2) is 9.08. The molecule has 10 heteroatoms. The van der Waals surface area contributed by atoms with Crippen LogP contribution in [0.1, 0.15) is 18.7 Å². The summed E-state index contributed by atoms with van der Waals surface area (Å²) in [5.41, 5.74) is 0.583. The number of sulfonamides is 1. The molecule has 1 N–H and O–H groups in total. The molecule has 0 radical (unpaired) electrons. The van der Waals surface area contributed by atoms with E-state index in [4.69, 9.17) is 11.6 Å². The Morgan fingerprint density at radius 3 is 2.48 bits per heavy atom. The number of nitrogens with zero attached hydrogens (tertiary/aromatic N) is 3. The van der Waals surface area contributed by atoms with Gasteiger partial charge in [0.05, 0.1) is 17.6 Å². The van der Waals surface area contributed by atoms with Crippen LogP contribution in [-0.4, -0.2) is 35.6 Å². The Morgan fingerprint density at radius 2 is 1.83 bits per heavy atom. The molecular weight excluding hydrogens is 432 g/mol. The summed E-state index contributed by atoms with van der Waals surface area (Å²) in [6, 6.07) is 12.3. The first-order chi connectivity index (χ1) is 13.9. The fraction of sp³-hybridized carbons (Fsp3) is 0.263. The summed E-state index contributed by atoms with van der Waals surface area (Å²) in [5.74, 6) is 0. The molecule has 3 aromatic rings. The molecule has 1 aromatic carbocycles. The summed E-state index contributed by atoms with van der Waals surface area (Å²) in [5, 5.41) is 7.26. The average molecular weight is 453 g/mol. The van der Waals surface area contributed by atoms with E-state index in [-0.39, 0.29) is 5.02 Å². The third kappa shape index (κ3) is 4.53. The quantitative estimate of drug-likeness (QED) is 0.564. The van der Waals surface area contributed by atoms with E-state index >= 15 is 0 Å². The van der Waals surface area contributed by atoms with Crippen LogP contribution in [0.3, 0.4) is 0 Å². The summed E-state index contributed by atoms with van der Waals surface area (Å²) in [6.45, 7) is 4.79. The third-order valence-electron chi connectivity index (χ3n) is 4.31. The molecule has 0 saturated heterocycles. The van der Waals surface area contributed by atoms with Crippen molar-refractivity contribution in [2.75, 3.05) is 18.4 Å². The lowest BCUT2D eigenvalue weighted by Gasteiger charge is -2.16. The first-order valence-corrected chi connectivity index (χ1v) is 11.7. The topological polar surface area (TPSA) is 84.3 Å². The Bertz CT molecular complexity index is 1140. The van der Waals surface area contributed by atoms with Crippen LogP contribution in [0.2, 0.25) is 5.02 Å². The zero-order valence-electron chi connectivity index (χ0n) is 16.0. The molecule has 0 fully saturated rings. The van der Waals surface area contributed by atoms with E-state index in [2.05, 4.69) is 10.4 Å². The second-order valence-electron chi connectivity index (χ2n) is 6.09. The van der Waals surface area contributed by atoms with Gasteiger partial charge in [-0.15, -0.1) is 11.3 Å². The minimum absolute atomic E-state index is 0.0244. The van der Waals surface area contributed by atoms with Gasteiger partial charge in [0.25, 0.3) is 15.6 Å². The van der Waals surface area contributed by atoms with Crippen molar-refractivity contribution in [3.8, 4) is 5.69 Å². The van der Waals surface area contributed by atoms with E-state index in [0.717, 1.165) is 4.88 Å². The summed E-state index contributed by atoms with van der Waals surface area (Å²) in [4.78, 5) is 13.3. The van der Waals surface area contributed by atoms with Crippen molar-refractivity contribution >= 4 is 38.6 Å². The largest absolute Gasteiger partial charge is 0.377 e. The van der Waals surface area contributed by atoms with Crippen LogP contribution >= 0.6 is 22.9 Å². The predicted octanol–water partition coefficient (Wildman–Crippen LogP) is 3.59. The minimum atomic E-state index is -3.48. The fourth-order valence-electron chi connectivity index (χ4n) is 2.77. The molecule has 0 aliphatic heterocycles. The zero-order valence-corrected chi connectivity index (χ0v) is 18.4. The number of hydrogen-bond donors (Lipinski definition) is 1. The molecule has 0 amide bonds. The van der Waals surface area contributed by atoms with Gasteiger partial charge in [0.2, 0.25) is 0 Å². The maximum atomic E-state index is 12.6. The van der Waals surface area contributed by atoms with E-state index in [1.165, 1.54) is 26.5 Å². The molecular formula is C19H21ClN4O3S2. The fourth-order valence-corrected chi connectivity index (χ4v) is 5.88. The second-order valence-corrected chi connectivity index (χ2v) is 9.80. The van der Waals surface area contributed by atoms with Crippen LogP contribution in [-0.2, 0) is 16.6 Å². The molecule has 154 valence electrons. The summed E-state index contributed by atoms with van der Waals surface area (Å²) in [7, 11) is -3.48. The van der Waals surface area contributed by atoms with Crippen LogP contribution in [0.15, 0.2) is 57.7 Å². The monoisotopic (exact) mass is 452 g/mol. The molecule has 0 spiro atoms. The average Bonchev–Trinajstić information content (AvgIpc) is 3.20. The van der Waals surface area contributed by atoms with Gasteiger partial charge in [-0.3, -0.25) is 4.79 Å². The van der Waals surface area contributed by atoms with E-state index in [1.54, 1.807) is 24.3 Å². The van der Waals surface area contributed by atoms with Crippen molar-refractivity contribution in [3.05, 3.63) is 68.9 Å².